The van der Waals surface area contributed by atoms with Crippen LogP contribution in [-0.2, 0) is 12.8 Å². The van der Waals surface area contributed by atoms with Gasteiger partial charge in [-0.25, -0.2) is 4.98 Å². The summed E-state index contributed by atoms with van der Waals surface area (Å²) >= 11 is 0.632. The van der Waals surface area contributed by atoms with Crippen LogP contribution in [0.25, 0.3) is 21.3 Å². The lowest BCUT2D eigenvalue weighted by atomic mass is 10.00. The number of furan rings is 1. The number of hydrogen-bond donors (Lipinski definition) is 2. The van der Waals surface area contributed by atoms with E-state index < -0.39 is 28.6 Å². The fraction of sp³-hybridized carbons (Fsp3) is 0.107. The van der Waals surface area contributed by atoms with Crippen molar-refractivity contribution < 1.29 is 36.8 Å². The van der Waals surface area contributed by atoms with E-state index in [2.05, 4.69) is 10.3 Å². The number of thiophene rings is 1. The van der Waals surface area contributed by atoms with Gasteiger partial charge in [0.15, 0.2) is 5.76 Å². The summed E-state index contributed by atoms with van der Waals surface area (Å²) in [5.41, 5.74) is 5.57. The van der Waals surface area contributed by atoms with E-state index in [4.69, 9.17) is 14.9 Å². The molecule has 3 aromatic heterocycles. The van der Waals surface area contributed by atoms with E-state index >= 15 is 0 Å². The van der Waals surface area contributed by atoms with E-state index in [0.29, 0.717) is 22.6 Å². The van der Waals surface area contributed by atoms with Crippen LogP contribution in [0.15, 0.2) is 71.1 Å². The number of rotatable bonds is 8. The van der Waals surface area contributed by atoms with Crippen molar-refractivity contribution in [1.29, 1.82) is 0 Å². The van der Waals surface area contributed by atoms with Gasteiger partial charge in [-0.05, 0) is 48.4 Å². The Morgan fingerprint density at radius 1 is 1.10 bits per heavy atom. The number of alkyl halides is 3. The Morgan fingerprint density at radius 3 is 2.40 bits per heavy atom. The van der Waals surface area contributed by atoms with E-state index in [0.717, 1.165) is 11.6 Å². The Labute approximate surface area is 238 Å². The molecule has 0 saturated heterocycles. The number of nitro groups is 1. The predicted octanol–water partition coefficient (Wildman–Crippen LogP) is 6.72. The molecule has 3 N–H and O–H groups in total. The standard InChI is InChI=1S/C28H19F3N4O6S/c1-14-2-4-15(5-3-14)19-12-21(28(29,30)31)33-27-22(19)23(24(42-27)25(32)36)34-26(37)20-11-10-18(41-20)13-40-17-8-6-16(7-9-17)35(38)39/h2-12H,13H2,1H3,(H2,32,36)(H,34,37). The average molecular weight is 597 g/mol. The van der Waals surface area contributed by atoms with Gasteiger partial charge in [0.05, 0.1) is 10.6 Å². The molecule has 0 saturated carbocycles. The number of ether oxygens (including phenoxy) is 1. The number of pyridine rings is 1. The quantitative estimate of drug-likeness (QED) is 0.149. The van der Waals surface area contributed by atoms with E-state index in [1.165, 1.54) is 36.4 Å². The molecule has 5 aromatic rings. The van der Waals surface area contributed by atoms with Crippen LogP contribution in [0.5, 0.6) is 5.75 Å². The van der Waals surface area contributed by atoms with Crippen LogP contribution >= 0.6 is 11.3 Å². The van der Waals surface area contributed by atoms with Gasteiger partial charge in [-0.1, -0.05) is 29.8 Å². The van der Waals surface area contributed by atoms with Crippen molar-refractivity contribution in [1.82, 2.24) is 4.98 Å². The topological polar surface area (TPSA) is 151 Å². The van der Waals surface area contributed by atoms with Crippen LogP contribution in [0.3, 0.4) is 0 Å². The Kier molecular flexibility index (Phi) is 7.39. The molecule has 0 aliphatic heterocycles. The van der Waals surface area contributed by atoms with Crippen molar-refractivity contribution in [2.24, 2.45) is 5.73 Å². The van der Waals surface area contributed by atoms with Crippen LogP contribution < -0.4 is 15.8 Å². The molecule has 10 nitrogen and oxygen atoms in total. The Hall–Kier alpha value is -5.24. The zero-order valence-electron chi connectivity index (χ0n) is 21.5. The molecule has 3 heterocycles. The number of amides is 2. The highest BCUT2D eigenvalue weighted by Gasteiger charge is 2.35. The fourth-order valence-electron chi connectivity index (χ4n) is 4.07. The van der Waals surface area contributed by atoms with Crippen LogP contribution in [0.1, 0.15) is 37.2 Å². The van der Waals surface area contributed by atoms with Crippen molar-refractivity contribution in [3.05, 3.63) is 104 Å². The van der Waals surface area contributed by atoms with E-state index in [1.54, 1.807) is 24.3 Å². The SMILES string of the molecule is Cc1ccc(-c2cc(C(F)(F)F)nc3sc(C(N)=O)c(NC(=O)c4ccc(COc5ccc([N+](=O)[O-])cc5)o4)c23)cc1. The molecule has 2 aromatic carbocycles. The largest absolute Gasteiger partial charge is 0.486 e. The van der Waals surface area contributed by atoms with Crippen molar-refractivity contribution >= 4 is 44.7 Å². The number of aromatic nitrogens is 1. The number of nitrogens with two attached hydrogens (primary N) is 1. The summed E-state index contributed by atoms with van der Waals surface area (Å²) in [6.07, 6.45) is -4.77. The van der Waals surface area contributed by atoms with Gasteiger partial charge in [0, 0.05) is 17.5 Å². The number of non-ortho nitro benzene ring substituents is 1. The monoisotopic (exact) mass is 596 g/mol. The van der Waals surface area contributed by atoms with Crippen LogP contribution in [-0.4, -0.2) is 21.7 Å². The predicted molar refractivity (Wildman–Crippen MR) is 147 cm³/mol. The molecule has 5 rings (SSSR count). The molecule has 0 fully saturated rings. The second kappa shape index (κ2) is 11.0. The van der Waals surface area contributed by atoms with Gasteiger partial charge in [-0.2, -0.15) is 13.2 Å². The maximum atomic E-state index is 13.7. The average Bonchev–Trinajstić information content (AvgIpc) is 3.57. The van der Waals surface area contributed by atoms with Gasteiger partial charge in [0.2, 0.25) is 0 Å². The molecule has 0 atom stereocenters. The lowest BCUT2D eigenvalue weighted by Crippen LogP contribution is -2.16. The molecule has 42 heavy (non-hydrogen) atoms. The number of nitro benzene ring substituents is 1. The number of fused-ring (bicyclic) bond motifs is 1. The van der Waals surface area contributed by atoms with E-state index in [9.17, 15) is 32.9 Å². The highest BCUT2D eigenvalue weighted by atomic mass is 32.1. The Morgan fingerprint density at radius 2 is 1.79 bits per heavy atom. The number of halogens is 3. The van der Waals surface area contributed by atoms with Crippen LogP contribution in [0.2, 0.25) is 0 Å². The van der Waals surface area contributed by atoms with Gasteiger partial charge in [-0.15, -0.1) is 11.3 Å². The van der Waals surface area contributed by atoms with Gasteiger partial charge in [-0.3, -0.25) is 19.7 Å². The summed E-state index contributed by atoms with van der Waals surface area (Å²) in [5.74, 6) is -1.38. The van der Waals surface area contributed by atoms with Gasteiger partial charge in [0.1, 0.15) is 33.5 Å². The molecule has 0 spiro atoms. The normalized spacial score (nSPS) is 11.4. The number of carbonyl (C=O) groups is 2. The Balaban J connectivity index is 1.47. The number of primary amides is 1. The second-order valence-corrected chi connectivity index (χ2v) is 10.0. The number of aryl methyl sites for hydroxylation is 1. The molecule has 14 heteroatoms. The zero-order valence-corrected chi connectivity index (χ0v) is 22.3. The minimum Gasteiger partial charge on any atom is -0.486 e. The summed E-state index contributed by atoms with van der Waals surface area (Å²) in [6.45, 7) is 1.71. The number of hydrogen-bond acceptors (Lipinski definition) is 8. The molecular weight excluding hydrogens is 577 g/mol. The number of benzene rings is 2. The highest BCUT2D eigenvalue weighted by molar-refractivity contribution is 7.21. The Bertz CT molecular complexity index is 1830. The van der Waals surface area contributed by atoms with Crippen molar-refractivity contribution in [2.45, 2.75) is 19.7 Å². The van der Waals surface area contributed by atoms with Gasteiger partial charge in [0.25, 0.3) is 17.5 Å². The van der Waals surface area contributed by atoms with Gasteiger partial charge < -0.3 is 20.2 Å². The first-order valence-corrected chi connectivity index (χ1v) is 12.9. The third-order valence-corrected chi connectivity index (χ3v) is 7.19. The summed E-state index contributed by atoms with van der Waals surface area (Å²) < 4.78 is 52.3. The molecule has 0 bridgehead atoms. The second-order valence-electron chi connectivity index (χ2n) is 9.03. The number of carbonyl (C=O) groups excluding carboxylic acids is 2. The van der Waals surface area contributed by atoms with Crippen molar-refractivity contribution in [2.75, 3.05) is 5.32 Å². The smallest absolute Gasteiger partial charge is 0.433 e. The van der Waals surface area contributed by atoms with Crippen molar-refractivity contribution in [3.8, 4) is 16.9 Å². The maximum absolute atomic E-state index is 13.7. The zero-order chi connectivity index (χ0) is 30.2. The van der Waals surface area contributed by atoms with Gasteiger partial charge >= 0.3 is 6.18 Å². The molecule has 2 amide bonds. The number of nitrogens with one attached hydrogen (secondary N) is 1. The third-order valence-electron chi connectivity index (χ3n) is 6.09. The fourth-order valence-corrected chi connectivity index (χ4v) is 5.08. The maximum Gasteiger partial charge on any atom is 0.433 e. The van der Waals surface area contributed by atoms with E-state index in [1.807, 2.05) is 6.92 Å². The summed E-state index contributed by atoms with van der Waals surface area (Å²) in [5, 5.41) is 13.5. The summed E-state index contributed by atoms with van der Waals surface area (Å²) in [6, 6.07) is 15.7. The molecule has 0 aliphatic rings. The minimum atomic E-state index is -4.77. The number of nitrogens with zero attached hydrogens (tertiary/aromatic N) is 2. The summed E-state index contributed by atoms with van der Waals surface area (Å²) in [7, 11) is 0. The molecule has 0 radical (unpaired) electrons. The third kappa shape index (κ3) is 5.78. The molecule has 214 valence electrons. The summed E-state index contributed by atoms with van der Waals surface area (Å²) in [4.78, 5) is 39.2. The van der Waals surface area contributed by atoms with Crippen molar-refractivity contribution in [3.63, 3.8) is 0 Å². The highest BCUT2D eigenvalue weighted by Crippen LogP contribution is 2.43. The van der Waals surface area contributed by atoms with Crippen LogP contribution in [0, 0.1) is 17.0 Å². The van der Waals surface area contributed by atoms with E-state index in [-0.39, 0.29) is 50.2 Å². The number of anilines is 1. The molecule has 0 aliphatic carbocycles. The molecular formula is C28H19F3N4O6S. The first kappa shape index (κ1) is 28.3. The first-order chi connectivity index (χ1) is 19.9. The first-order valence-electron chi connectivity index (χ1n) is 12.1. The van der Waals surface area contributed by atoms with Crippen LogP contribution in [0.4, 0.5) is 24.5 Å². The minimum absolute atomic E-state index is 0.0932. The lowest BCUT2D eigenvalue weighted by molar-refractivity contribution is -0.384. The molecule has 0 unspecified atom stereocenters. The lowest BCUT2D eigenvalue weighted by Gasteiger charge is -2.12.